The van der Waals surface area contributed by atoms with E-state index in [1.807, 2.05) is 24.3 Å². The van der Waals surface area contributed by atoms with Crippen LogP contribution in [-0.2, 0) is 10.7 Å². The first-order valence-corrected chi connectivity index (χ1v) is 8.62. The van der Waals surface area contributed by atoms with Crippen LogP contribution in [0.5, 0.6) is 0 Å². The van der Waals surface area contributed by atoms with Crippen molar-refractivity contribution in [3.63, 3.8) is 0 Å². The second-order valence-electron chi connectivity index (χ2n) is 6.65. The van der Waals surface area contributed by atoms with Crippen molar-refractivity contribution >= 4 is 17.2 Å². The summed E-state index contributed by atoms with van der Waals surface area (Å²) in [5.74, 6) is 3.65. The van der Waals surface area contributed by atoms with Crippen LogP contribution < -0.4 is 16.9 Å². The van der Waals surface area contributed by atoms with Crippen LogP contribution >= 0.6 is 0 Å². The fourth-order valence-corrected chi connectivity index (χ4v) is 2.70. The van der Waals surface area contributed by atoms with Gasteiger partial charge in [-0.3, -0.25) is 0 Å². The van der Waals surface area contributed by atoms with E-state index in [1.54, 1.807) is 12.1 Å². The number of hydrogen-bond acceptors (Lipinski definition) is 5. The maximum absolute atomic E-state index is 13.3. The smallest absolute Gasteiger partial charge is 0.270 e. The minimum absolute atomic E-state index is 0.0406. The fraction of sp³-hybridized carbons (Fsp3) is 0.316. The molecule has 1 heterocycles. The summed E-state index contributed by atoms with van der Waals surface area (Å²) in [6.07, 6.45) is 0. The van der Waals surface area contributed by atoms with Gasteiger partial charge in [-0.2, -0.15) is 0 Å². The van der Waals surface area contributed by atoms with Crippen molar-refractivity contribution in [2.75, 3.05) is 25.1 Å². The van der Waals surface area contributed by atoms with Gasteiger partial charge in [0, 0.05) is 35.3 Å². The van der Waals surface area contributed by atoms with Gasteiger partial charge in [-0.25, -0.2) is 19.7 Å². The number of rotatable bonds is 7. The van der Waals surface area contributed by atoms with Crippen LogP contribution in [0.2, 0.25) is 0 Å². The molecule has 0 unspecified atom stereocenters. The summed E-state index contributed by atoms with van der Waals surface area (Å²) in [6.45, 7) is 2.78. The summed E-state index contributed by atoms with van der Waals surface area (Å²) >= 11 is 0. The van der Waals surface area contributed by atoms with Crippen LogP contribution in [0.25, 0.3) is 0 Å². The van der Waals surface area contributed by atoms with Crippen LogP contribution in [-0.4, -0.2) is 30.7 Å². The van der Waals surface area contributed by atoms with Crippen LogP contribution in [0.1, 0.15) is 18.1 Å². The number of nitrogens with zero attached hydrogens (tertiary/aromatic N) is 2. The molecule has 0 radical (unpaired) electrons. The van der Waals surface area contributed by atoms with E-state index >= 15 is 0 Å². The van der Waals surface area contributed by atoms with Gasteiger partial charge < -0.3 is 15.8 Å². The highest BCUT2D eigenvalue weighted by molar-refractivity contribution is 6.02. The van der Waals surface area contributed by atoms with E-state index in [1.165, 1.54) is 17.3 Å². The van der Waals surface area contributed by atoms with Gasteiger partial charge in [-0.15, -0.1) is 5.10 Å². The summed E-state index contributed by atoms with van der Waals surface area (Å²) in [5.41, 5.74) is 8.12. The predicted octanol–water partition coefficient (Wildman–Crippen LogP) is 2.98. The zero-order valence-corrected chi connectivity index (χ0v) is 15.0. The molecule has 1 saturated heterocycles. The number of ether oxygens (including phenoxy) is 1. The number of anilines is 2. The predicted molar refractivity (Wildman–Crippen MR) is 102 cm³/mol. The van der Waals surface area contributed by atoms with E-state index < -0.39 is 5.92 Å². The molecule has 6 nitrogen and oxygen atoms in total. The Hall–Kier alpha value is -2.71. The molecule has 144 valence electrons. The van der Waals surface area contributed by atoms with E-state index in [0.29, 0.717) is 42.6 Å². The highest BCUT2D eigenvalue weighted by Gasteiger charge is 2.23. The van der Waals surface area contributed by atoms with Gasteiger partial charge >= 0.3 is 0 Å². The summed E-state index contributed by atoms with van der Waals surface area (Å²) in [6, 6.07) is 13.3. The molecule has 0 atom stereocenters. The first-order valence-electron chi connectivity index (χ1n) is 8.62. The number of nitrogens with one attached hydrogen (secondary N) is 1. The number of amidine groups is 1. The zero-order valence-electron chi connectivity index (χ0n) is 15.0. The third-order valence-corrected chi connectivity index (χ3v) is 4.26. The number of halogens is 2. The lowest BCUT2D eigenvalue weighted by atomic mass is 10.1. The van der Waals surface area contributed by atoms with E-state index in [0.717, 1.165) is 6.92 Å². The average molecular weight is 375 g/mol. The minimum atomic E-state index is -2.87. The van der Waals surface area contributed by atoms with Gasteiger partial charge in [0.1, 0.15) is 0 Å². The molecule has 0 bridgehead atoms. The largest absolute Gasteiger partial charge is 0.382 e. The van der Waals surface area contributed by atoms with Crippen LogP contribution in [0.3, 0.4) is 0 Å². The lowest BCUT2D eigenvalue weighted by molar-refractivity contribution is -0.0464. The fourth-order valence-electron chi connectivity index (χ4n) is 2.70. The lowest BCUT2D eigenvalue weighted by Crippen LogP contribution is -2.41. The zero-order chi connectivity index (χ0) is 19.4. The Morgan fingerprint density at radius 2 is 1.89 bits per heavy atom. The molecule has 1 fully saturated rings. The number of nitrogens with two attached hydrogens (primary N) is 2. The van der Waals surface area contributed by atoms with Gasteiger partial charge in [-0.05, 0) is 24.3 Å². The third kappa shape index (κ3) is 4.93. The van der Waals surface area contributed by atoms with Crippen molar-refractivity contribution in [1.82, 2.24) is 5.12 Å². The molecular formula is C19H23F2N5O. The number of hydrazone groups is 1. The second kappa shape index (κ2) is 7.89. The Morgan fingerprint density at radius 3 is 2.48 bits per heavy atom. The average Bonchev–Trinajstić information content (AvgIpc) is 2.58. The van der Waals surface area contributed by atoms with Gasteiger partial charge in [0.2, 0.25) is 0 Å². The van der Waals surface area contributed by atoms with Crippen molar-refractivity contribution in [3.8, 4) is 0 Å². The summed E-state index contributed by atoms with van der Waals surface area (Å²) < 4.78 is 31.8. The number of hydrazine groups is 1. The molecule has 8 heteroatoms. The standard InChI is InChI=1S/C19H23F2N5O/c1-19(20,21)14-6-8-15(9-7-14)24-17-5-3-2-4-16(17)18(22)25-26(23)10-13-11-27-12-13/h2-9,13,24H,10-12,23H2,1H3,(H2,22,25). The van der Waals surface area contributed by atoms with Crippen LogP contribution in [0, 0.1) is 5.92 Å². The van der Waals surface area contributed by atoms with Gasteiger partial charge in [0.15, 0.2) is 5.84 Å². The van der Waals surface area contributed by atoms with E-state index in [9.17, 15) is 8.78 Å². The summed E-state index contributed by atoms with van der Waals surface area (Å²) in [7, 11) is 0. The molecule has 0 spiro atoms. The number of para-hydroxylation sites is 1. The maximum atomic E-state index is 13.3. The maximum Gasteiger partial charge on any atom is 0.270 e. The number of alkyl halides is 2. The van der Waals surface area contributed by atoms with Gasteiger partial charge in [0.05, 0.1) is 19.8 Å². The molecule has 27 heavy (non-hydrogen) atoms. The van der Waals surface area contributed by atoms with Crippen LogP contribution in [0.4, 0.5) is 20.2 Å². The van der Waals surface area contributed by atoms with Crippen LogP contribution in [0.15, 0.2) is 53.6 Å². The minimum Gasteiger partial charge on any atom is -0.382 e. The Labute approximate surface area is 156 Å². The first kappa shape index (κ1) is 19.1. The number of benzene rings is 2. The highest BCUT2D eigenvalue weighted by Crippen LogP contribution is 2.29. The molecule has 3 rings (SSSR count). The Balaban J connectivity index is 1.75. The van der Waals surface area contributed by atoms with Crippen molar-refractivity contribution in [1.29, 1.82) is 0 Å². The first-order chi connectivity index (χ1) is 12.8. The van der Waals surface area contributed by atoms with Gasteiger partial charge in [-0.1, -0.05) is 24.3 Å². The quantitative estimate of drug-likeness (QED) is 0.300. The Kier molecular flexibility index (Phi) is 5.57. The lowest BCUT2D eigenvalue weighted by Gasteiger charge is -2.28. The molecule has 5 N–H and O–H groups in total. The number of hydrogen-bond donors (Lipinski definition) is 3. The van der Waals surface area contributed by atoms with E-state index in [4.69, 9.17) is 16.3 Å². The summed E-state index contributed by atoms with van der Waals surface area (Å²) in [4.78, 5) is 0. The van der Waals surface area contributed by atoms with Gasteiger partial charge in [0.25, 0.3) is 5.92 Å². The Morgan fingerprint density at radius 1 is 1.22 bits per heavy atom. The second-order valence-corrected chi connectivity index (χ2v) is 6.65. The topological polar surface area (TPSA) is 88.9 Å². The van der Waals surface area contributed by atoms with E-state index in [-0.39, 0.29) is 11.4 Å². The molecule has 1 aliphatic heterocycles. The molecule has 0 aromatic heterocycles. The molecule has 1 aliphatic rings. The normalized spacial score (nSPS) is 15.3. The van der Waals surface area contributed by atoms with E-state index in [2.05, 4.69) is 10.4 Å². The van der Waals surface area contributed by atoms with Crippen molar-refractivity contribution in [3.05, 3.63) is 59.7 Å². The molecular weight excluding hydrogens is 352 g/mol. The molecule has 2 aromatic rings. The van der Waals surface area contributed by atoms with Crippen molar-refractivity contribution in [2.45, 2.75) is 12.8 Å². The molecule has 2 aromatic carbocycles. The molecule has 0 amide bonds. The monoisotopic (exact) mass is 375 g/mol. The Bertz CT molecular complexity index is 800. The molecule has 0 saturated carbocycles. The highest BCUT2D eigenvalue weighted by atomic mass is 19.3. The summed E-state index contributed by atoms with van der Waals surface area (Å²) in [5, 5.41) is 8.73. The SMILES string of the molecule is CC(F)(F)c1ccc(Nc2ccccc2/C(N)=N/N(N)CC2COC2)cc1. The van der Waals surface area contributed by atoms with Crippen molar-refractivity contribution in [2.24, 2.45) is 22.6 Å². The molecule has 0 aliphatic carbocycles. The van der Waals surface area contributed by atoms with Crippen molar-refractivity contribution < 1.29 is 13.5 Å². The third-order valence-electron chi connectivity index (χ3n) is 4.26.